The van der Waals surface area contributed by atoms with Crippen LogP contribution >= 0.6 is 11.6 Å². The van der Waals surface area contributed by atoms with E-state index in [9.17, 15) is 27.6 Å². The van der Waals surface area contributed by atoms with Crippen molar-refractivity contribution in [3.63, 3.8) is 0 Å². The minimum Gasteiger partial charge on any atom is -0.377 e. The molecule has 5 aliphatic rings. The molecule has 9 rings (SSSR count). The molecule has 1 saturated heterocycles. The number of alkyl halides is 3. The van der Waals surface area contributed by atoms with Crippen LogP contribution < -0.4 is 10.9 Å². The number of piperidine rings is 1. The Hall–Kier alpha value is -4.56. The SMILES string of the molecule is CC1C2c3c(c(=O)n4nc(C5=CCOCC5)nc4n3CC(=O)Nc3ccc(C(F)(F)F)cc3Cl)C3(CCN(C(=O)c4ccccn4)C4CCC43)C12. The van der Waals surface area contributed by atoms with E-state index in [1.807, 2.05) is 11.0 Å². The van der Waals surface area contributed by atoms with Gasteiger partial charge in [-0.05, 0) is 79.3 Å². The highest BCUT2D eigenvalue weighted by Gasteiger charge is 2.73. The summed E-state index contributed by atoms with van der Waals surface area (Å²) in [5.41, 5.74) is 0.958. The minimum atomic E-state index is -4.59. The van der Waals surface area contributed by atoms with Crippen LogP contribution in [0.5, 0.6) is 0 Å². The first-order valence-electron chi connectivity index (χ1n) is 17.2. The number of benzene rings is 1. The van der Waals surface area contributed by atoms with Crippen LogP contribution in [-0.4, -0.2) is 66.7 Å². The number of nitrogens with zero attached hydrogens (tertiary/aromatic N) is 6. The molecule has 51 heavy (non-hydrogen) atoms. The molecule has 2 aliphatic heterocycles. The van der Waals surface area contributed by atoms with E-state index in [1.54, 1.807) is 29.0 Å². The molecule has 6 unspecified atom stereocenters. The summed E-state index contributed by atoms with van der Waals surface area (Å²) >= 11 is 6.20. The van der Waals surface area contributed by atoms with Crippen molar-refractivity contribution in [2.24, 2.45) is 17.8 Å². The van der Waals surface area contributed by atoms with E-state index in [0.717, 1.165) is 42.3 Å². The minimum absolute atomic E-state index is 0.0121. The maximum Gasteiger partial charge on any atom is 0.416 e. The first-order valence-corrected chi connectivity index (χ1v) is 17.6. The van der Waals surface area contributed by atoms with Gasteiger partial charge in [-0.25, -0.2) is 0 Å². The van der Waals surface area contributed by atoms with Gasteiger partial charge >= 0.3 is 6.18 Å². The summed E-state index contributed by atoms with van der Waals surface area (Å²) in [6.45, 7) is 3.24. The molecule has 5 heterocycles. The molecule has 2 amide bonds. The summed E-state index contributed by atoms with van der Waals surface area (Å²) in [7, 11) is 0. The van der Waals surface area contributed by atoms with Crippen LogP contribution in [0.3, 0.4) is 0 Å². The topological polar surface area (TPSA) is 124 Å². The molecule has 3 fully saturated rings. The van der Waals surface area contributed by atoms with E-state index in [4.69, 9.17) is 26.4 Å². The van der Waals surface area contributed by atoms with Crippen LogP contribution in [-0.2, 0) is 27.7 Å². The maximum atomic E-state index is 14.8. The molecule has 2 saturated carbocycles. The number of anilines is 1. The van der Waals surface area contributed by atoms with Gasteiger partial charge in [-0.1, -0.05) is 30.7 Å². The molecule has 6 atom stereocenters. The van der Waals surface area contributed by atoms with E-state index >= 15 is 0 Å². The number of aromatic nitrogens is 5. The summed E-state index contributed by atoms with van der Waals surface area (Å²) in [6, 6.07) is 8.01. The van der Waals surface area contributed by atoms with Gasteiger partial charge in [0.25, 0.3) is 11.5 Å². The summed E-state index contributed by atoms with van der Waals surface area (Å²) < 4.78 is 48.4. The number of hydrogen-bond donors (Lipinski definition) is 1. The van der Waals surface area contributed by atoms with Crippen molar-refractivity contribution in [3.8, 4) is 0 Å². The Labute approximate surface area is 294 Å². The zero-order valence-corrected chi connectivity index (χ0v) is 28.2. The largest absolute Gasteiger partial charge is 0.416 e. The van der Waals surface area contributed by atoms with Gasteiger partial charge in [0.15, 0.2) is 5.82 Å². The number of halogens is 4. The number of ether oxygens (including phenoxy) is 1. The lowest BCUT2D eigenvalue weighted by molar-refractivity contribution is -0.137. The highest BCUT2D eigenvalue weighted by molar-refractivity contribution is 6.33. The summed E-state index contributed by atoms with van der Waals surface area (Å²) in [6.07, 6.45) is 1.73. The Morgan fingerprint density at radius 3 is 2.71 bits per heavy atom. The lowest BCUT2D eigenvalue weighted by atomic mass is 9.54. The van der Waals surface area contributed by atoms with Gasteiger partial charge in [-0.15, -0.1) is 5.10 Å². The van der Waals surface area contributed by atoms with Crippen LogP contribution in [0.25, 0.3) is 11.4 Å². The standard InChI is InChI=1S/C36H33ClF3N7O4/c1-18-27-28(18)35(11-13-45(25-8-6-21(25)35)32(49)24-4-2-3-12-41-24)29-30(27)46(17-26(48)42-23-7-5-20(16-22(23)37)36(38,39)40)34-43-31(44-47(34)33(29)50)19-9-14-51-15-10-19/h2-5,7,9,12,16,18,21,25,27-28H,6,8,10-11,13-15,17H2,1H3,(H,42,48). The number of fused-ring (bicyclic) bond motifs is 8. The molecule has 11 nitrogen and oxygen atoms in total. The van der Waals surface area contributed by atoms with Gasteiger partial charge in [0, 0.05) is 41.4 Å². The number of hydrogen-bond acceptors (Lipinski definition) is 7. The van der Waals surface area contributed by atoms with Crippen molar-refractivity contribution in [1.29, 1.82) is 0 Å². The summed E-state index contributed by atoms with van der Waals surface area (Å²) in [5.74, 6) is 0.335. The fourth-order valence-electron chi connectivity index (χ4n) is 9.57. The summed E-state index contributed by atoms with van der Waals surface area (Å²) in [5, 5.41) is 7.14. The second kappa shape index (κ2) is 11.5. The highest BCUT2D eigenvalue weighted by Crippen LogP contribution is 2.74. The van der Waals surface area contributed by atoms with Crippen molar-refractivity contribution >= 4 is 40.5 Å². The molecule has 1 aromatic carbocycles. The molecule has 264 valence electrons. The smallest absolute Gasteiger partial charge is 0.377 e. The average Bonchev–Trinajstić information content (AvgIpc) is 3.42. The van der Waals surface area contributed by atoms with Crippen LogP contribution in [0.2, 0.25) is 5.02 Å². The lowest BCUT2D eigenvalue weighted by Gasteiger charge is -2.58. The lowest BCUT2D eigenvalue weighted by Crippen LogP contribution is -2.64. The molecule has 0 radical (unpaired) electrons. The molecular formula is C36H33ClF3N7O4. The number of rotatable bonds is 5. The molecular weight excluding hydrogens is 687 g/mol. The Balaban J connectivity index is 1.14. The third-order valence-corrected chi connectivity index (χ3v) is 12.2. The second-order valence-corrected chi connectivity index (χ2v) is 14.7. The first-order chi connectivity index (χ1) is 24.5. The highest BCUT2D eigenvalue weighted by atomic mass is 35.5. The van der Waals surface area contributed by atoms with E-state index in [0.29, 0.717) is 49.7 Å². The summed E-state index contributed by atoms with van der Waals surface area (Å²) in [4.78, 5) is 53.2. The van der Waals surface area contributed by atoms with Gasteiger partial charge in [0.2, 0.25) is 11.7 Å². The van der Waals surface area contributed by atoms with Crippen LogP contribution in [0.15, 0.2) is 53.5 Å². The fraction of sp³-hybridized carbons (Fsp3) is 0.444. The number of carbonyl (C=O) groups excluding carboxylic acids is 2. The Bertz CT molecular complexity index is 2220. The zero-order chi connectivity index (χ0) is 35.4. The van der Waals surface area contributed by atoms with Crippen LogP contribution in [0.4, 0.5) is 18.9 Å². The van der Waals surface area contributed by atoms with Gasteiger partial charge < -0.3 is 19.5 Å². The van der Waals surface area contributed by atoms with Gasteiger partial charge in [-0.3, -0.25) is 19.4 Å². The van der Waals surface area contributed by atoms with Gasteiger partial charge in [0.1, 0.15) is 12.2 Å². The monoisotopic (exact) mass is 719 g/mol. The van der Waals surface area contributed by atoms with Crippen molar-refractivity contribution in [2.45, 2.75) is 62.7 Å². The number of pyridine rings is 1. The second-order valence-electron chi connectivity index (χ2n) is 14.3. The molecule has 3 aliphatic carbocycles. The number of amides is 2. The number of nitrogens with one attached hydrogen (secondary N) is 1. The average molecular weight is 720 g/mol. The third-order valence-electron chi connectivity index (χ3n) is 11.9. The Morgan fingerprint density at radius 1 is 1.18 bits per heavy atom. The predicted molar refractivity (Wildman–Crippen MR) is 179 cm³/mol. The maximum absolute atomic E-state index is 14.8. The van der Waals surface area contributed by atoms with Crippen molar-refractivity contribution in [2.75, 3.05) is 25.1 Å². The normalized spacial score (nSPS) is 27.7. The molecule has 1 spiro atoms. The molecule has 3 aromatic heterocycles. The Morgan fingerprint density at radius 2 is 2.02 bits per heavy atom. The van der Waals surface area contributed by atoms with Crippen LogP contribution in [0, 0.1) is 17.8 Å². The van der Waals surface area contributed by atoms with E-state index < -0.39 is 23.1 Å². The van der Waals surface area contributed by atoms with E-state index in [2.05, 4.69) is 17.2 Å². The fourth-order valence-corrected chi connectivity index (χ4v) is 9.80. The van der Waals surface area contributed by atoms with E-state index in [1.165, 1.54) is 4.52 Å². The number of likely N-dealkylation sites (tertiary alicyclic amines) is 1. The Kier molecular flexibility index (Phi) is 7.28. The molecule has 1 N–H and O–H groups in total. The van der Waals surface area contributed by atoms with Crippen LogP contribution in [0.1, 0.15) is 71.7 Å². The van der Waals surface area contributed by atoms with Crippen molar-refractivity contribution < 1.29 is 27.5 Å². The third kappa shape index (κ3) is 4.82. The quantitative estimate of drug-likeness (QED) is 0.296. The predicted octanol–water partition coefficient (Wildman–Crippen LogP) is 5.33. The zero-order valence-electron chi connectivity index (χ0n) is 27.5. The van der Waals surface area contributed by atoms with E-state index in [-0.39, 0.29) is 64.2 Å². The van der Waals surface area contributed by atoms with Gasteiger partial charge in [0.05, 0.1) is 29.5 Å². The molecule has 4 aromatic rings. The molecule has 0 bridgehead atoms. The first kappa shape index (κ1) is 32.4. The molecule has 15 heteroatoms. The number of carbonyl (C=O) groups is 2. The van der Waals surface area contributed by atoms with Crippen molar-refractivity contribution in [1.82, 2.24) is 29.0 Å². The van der Waals surface area contributed by atoms with Crippen molar-refractivity contribution in [3.05, 3.63) is 92.4 Å². The van der Waals surface area contributed by atoms with Gasteiger partial charge in [-0.2, -0.15) is 22.7 Å².